The highest BCUT2D eigenvalue weighted by Crippen LogP contribution is 2.21. The fourth-order valence-corrected chi connectivity index (χ4v) is 4.35. The molecule has 28 heavy (non-hydrogen) atoms. The maximum atomic E-state index is 12.9. The van der Waals surface area contributed by atoms with Gasteiger partial charge in [-0.05, 0) is 51.0 Å². The van der Waals surface area contributed by atoms with Gasteiger partial charge in [0.1, 0.15) is 5.69 Å². The lowest BCUT2D eigenvalue weighted by Crippen LogP contribution is -2.50. The standard InChI is InChI=1S/C22H30N4O2/c1-15(2)25-9-11-26(12-10-25)22(28)16-7-8-19-17(13-16)14-20(24-19)21(27)23-18-5-3-4-6-18/h7-8,13-15,18,24H,3-6,9-12H2,1-2H3,(H,23,27). The maximum absolute atomic E-state index is 12.9. The van der Waals surface area contributed by atoms with Crippen molar-refractivity contribution in [3.8, 4) is 0 Å². The van der Waals surface area contributed by atoms with Gasteiger partial charge in [-0.1, -0.05) is 12.8 Å². The van der Waals surface area contributed by atoms with Gasteiger partial charge in [-0.25, -0.2) is 0 Å². The number of amides is 2. The summed E-state index contributed by atoms with van der Waals surface area (Å²) in [4.78, 5) is 32.9. The van der Waals surface area contributed by atoms with Gasteiger partial charge < -0.3 is 15.2 Å². The van der Waals surface area contributed by atoms with Crippen LogP contribution in [-0.4, -0.2) is 64.9 Å². The molecule has 0 unspecified atom stereocenters. The van der Waals surface area contributed by atoms with E-state index in [0.29, 0.717) is 23.3 Å². The molecule has 0 bridgehead atoms. The van der Waals surface area contributed by atoms with Gasteiger partial charge in [0, 0.05) is 54.7 Å². The summed E-state index contributed by atoms with van der Waals surface area (Å²) in [5.41, 5.74) is 2.14. The second-order valence-electron chi connectivity index (χ2n) is 8.36. The van der Waals surface area contributed by atoms with Crippen LogP contribution in [0.4, 0.5) is 0 Å². The van der Waals surface area contributed by atoms with Crippen molar-refractivity contribution in [1.29, 1.82) is 0 Å². The zero-order valence-corrected chi connectivity index (χ0v) is 16.8. The minimum atomic E-state index is -0.0548. The topological polar surface area (TPSA) is 68.4 Å². The minimum absolute atomic E-state index is 0.0548. The van der Waals surface area contributed by atoms with Crippen LogP contribution in [0.25, 0.3) is 10.9 Å². The number of nitrogens with one attached hydrogen (secondary N) is 2. The molecular formula is C22H30N4O2. The number of hydrogen-bond donors (Lipinski definition) is 2. The average Bonchev–Trinajstić information content (AvgIpc) is 3.36. The lowest BCUT2D eigenvalue weighted by Gasteiger charge is -2.37. The molecule has 6 heteroatoms. The average molecular weight is 383 g/mol. The summed E-state index contributed by atoms with van der Waals surface area (Å²) < 4.78 is 0. The molecule has 1 saturated carbocycles. The lowest BCUT2D eigenvalue weighted by molar-refractivity contribution is 0.0595. The van der Waals surface area contributed by atoms with E-state index < -0.39 is 0 Å². The van der Waals surface area contributed by atoms with Crippen LogP contribution in [0.5, 0.6) is 0 Å². The Morgan fingerprint density at radius 3 is 2.46 bits per heavy atom. The maximum Gasteiger partial charge on any atom is 0.267 e. The molecule has 2 N–H and O–H groups in total. The molecule has 1 aliphatic heterocycles. The van der Waals surface area contributed by atoms with Crippen LogP contribution in [-0.2, 0) is 0 Å². The normalized spacial score (nSPS) is 18.9. The minimum Gasteiger partial charge on any atom is -0.351 e. The van der Waals surface area contributed by atoms with E-state index in [1.807, 2.05) is 29.2 Å². The van der Waals surface area contributed by atoms with Crippen molar-refractivity contribution in [3.63, 3.8) is 0 Å². The van der Waals surface area contributed by atoms with E-state index in [0.717, 1.165) is 49.9 Å². The fraction of sp³-hybridized carbons (Fsp3) is 0.545. The molecule has 2 fully saturated rings. The molecule has 0 atom stereocenters. The van der Waals surface area contributed by atoms with E-state index in [1.54, 1.807) is 0 Å². The van der Waals surface area contributed by atoms with E-state index in [-0.39, 0.29) is 11.8 Å². The highest BCUT2D eigenvalue weighted by atomic mass is 16.2. The van der Waals surface area contributed by atoms with E-state index in [2.05, 4.69) is 29.0 Å². The van der Waals surface area contributed by atoms with Crippen molar-refractivity contribution in [2.24, 2.45) is 0 Å². The summed E-state index contributed by atoms with van der Waals surface area (Å²) in [6, 6.07) is 8.32. The highest BCUT2D eigenvalue weighted by Gasteiger charge is 2.24. The SMILES string of the molecule is CC(C)N1CCN(C(=O)c2ccc3[nH]c(C(=O)NC4CCCC4)cc3c2)CC1. The van der Waals surface area contributed by atoms with Crippen molar-refractivity contribution in [3.05, 3.63) is 35.5 Å². The lowest BCUT2D eigenvalue weighted by atomic mass is 10.1. The summed E-state index contributed by atoms with van der Waals surface area (Å²) >= 11 is 0. The van der Waals surface area contributed by atoms with Gasteiger partial charge in [-0.3, -0.25) is 14.5 Å². The van der Waals surface area contributed by atoms with Crippen molar-refractivity contribution >= 4 is 22.7 Å². The molecular weight excluding hydrogens is 352 g/mol. The molecule has 0 spiro atoms. The number of hydrogen-bond acceptors (Lipinski definition) is 3. The zero-order chi connectivity index (χ0) is 19.7. The Bertz CT molecular complexity index is 859. The third-order valence-electron chi connectivity index (χ3n) is 6.13. The number of rotatable bonds is 4. The molecule has 4 rings (SSSR count). The Morgan fingerprint density at radius 1 is 1.07 bits per heavy atom. The summed E-state index contributed by atoms with van der Waals surface area (Å²) in [5, 5.41) is 4.01. The second-order valence-corrected chi connectivity index (χ2v) is 8.36. The number of H-pyrrole nitrogens is 1. The second kappa shape index (κ2) is 7.95. The van der Waals surface area contributed by atoms with Crippen LogP contribution in [0, 0.1) is 0 Å². The van der Waals surface area contributed by atoms with Gasteiger partial charge in [0.05, 0.1) is 0 Å². The smallest absolute Gasteiger partial charge is 0.267 e. The first-order valence-corrected chi connectivity index (χ1v) is 10.5. The van der Waals surface area contributed by atoms with Crippen LogP contribution < -0.4 is 5.32 Å². The van der Waals surface area contributed by atoms with Gasteiger partial charge in [0.15, 0.2) is 0 Å². The Kier molecular flexibility index (Phi) is 5.40. The Hall–Kier alpha value is -2.34. The molecule has 2 heterocycles. The van der Waals surface area contributed by atoms with E-state index in [9.17, 15) is 9.59 Å². The number of fused-ring (bicyclic) bond motifs is 1. The van der Waals surface area contributed by atoms with Crippen molar-refractivity contribution < 1.29 is 9.59 Å². The number of aromatic amines is 1. The van der Waals surface area contributed by atoms with E-state index >= 15 is 0 Å². The third-order valence-corrected chi connectivity index (χ3v) is 6.13. The number of aromatic nitrogens is 1. The van der Waals surface area contributed by atoms with Crippen LogP contribution in [0.2, 0.25) is 0 Å². The van der Waals surface area contributed by atoms with Crippen molar-refractivity contribution in [2.45, 2.75) is 51.6 Å². The molecule has 150 valence electrons. The third kappa shape index (κ3) is 3.92. The highest BCUT2D eigenvalue weighted by molar-refractivity contribution is 6.01. The van der Waals surface area contributed by atoms with Gasteiger partial charge >= 0.3 is 0 Å². The van der Waals surface area contributed by atoms with Gasteiger partial charge in [0.2, 0.25) is 0 Å². The summed E-state index contributed by atoms with van der Waals surface area (Å²) in [6.45, 7) is 7.74. The van der Waals surface area contributed by atoms with Crippen molar-refractivity contribution in [1.82, 2.24) is 20.1 Å². The first-order chi connectivity index (χ1) is 13.5. The van der Waals surface area contributed by atoms with Crippen LogP contribution >= 0.6 is 0 Å². The first kappa shape index (κ1) is 19.0. The monoisotopic (exact) mass is 382 g/mol. The van der Waals surface area contributed by atoms with Gasteiger partial charge in [-0.15, -0.1) is 0 Å². The molecule has 1 aromatic heterocycles. The Morgan fingerprint density at radius 2 is 1.79 bits per heavy atom. The molecule has 2 amide bonds. The molecule has 1 aromatic carbocycles. The number of carbonyl (C=O) groups is 2. The number of benzene rings is 1. The molecule has 1 saturated heterocycles. The largest absolute Gasteiger partial charge is 0.351 e. The predicted molar refractivity (Wildman–Crippen MR) is 111 cm³/mol. The summed E-state index contributed by atoms with van der Waals surface area (Å²) in [6.07, 6.45) is 4.51. The molecule has 1 aliphatic carbocycles. The molecule has 2 aromatic rings. The quantitative estimate of drug-likeness (QED) is 0.854. The number of nitrogens with zero attached hydrogens (tertiary/aromatic N) is 2. The van der Waals surface area contributed by atoms with Crippen molar-refractivity contribution in [2.75, 3.05) is 26.2 Å². The summed E-state index contributed by atoms with van der Waals surface area (Å²) in [7, 11) is 0. The summed E-state index contributed by atoms with van der Waals surface area (Å²) in [5.74, 6) is 0.0178. The zero-order valence-electron chi connectivity index (χ0n) is 16.8. The van der Waals surface area contributed by atoms with E-state index in [1.165, 1.54) is 12.8 Å². The van der Waals surface area contributed by atoms with Gasteiger partial charge in [-0.2, -0.15) is 0 Å². The first-order valence-electron chi connectivity index (χ1n) is 10.5. The van der Waals surface area contributed by atoms with Crippen LogP contribution in [0.1, 0.15) is 60.4 Å². The van der Waals surface area contributed by atoms with Crippen LogP contribution in [0.15, 0.2) is 24.3 Å². The Balaban J connectivity index is 1.45. The van der Waals surface area contributed by atoms with Crippen LogP contribution in [0.3, 0.4) is 0 Å². The fourth-order valence-electron chi connectivity index (χ4n) is 4.35. The Labute approximate surface area is 166 Å². The van der Waals surface area contributed by atoms with E-state index in [4.69, 9.17) is 0 Å². The number of piperazine rings is 1. The number of carbonyl (C=O) groups excluding carboxylic acids is 2. The molecule has 2 aliphatic rings. The molecule has 6 nitrogen and oxygen atoms in total. The predicted octanol–water partition coefficient (Wildman–Crippen LogP) is 3.01. The van der Waals surface area contributed by atoms with Gasteiger partial charge in [0.25, 0.3) is 11.8 Å². The molecule has 0 radical (unpaired) electrons.